The fourth-order valence-electron chi connectivity index (χ4n) is 4.93. The van der Waals surface area contributed by atoms with E-state index < -0.39 is 21.3 Å². The predicted molar refractivity (Wildman–Crippen MR) is 126 cm³/mol. The van der Waals surface area contributed by atoms with Gasteiger partial charge in [-0.1, -0.05) is 19.3 Å². The molecular formula is C23H32N4O6S. The van der Waals surface area contributed by atoms with Crippen molar-refractivity contribution in [3.8, 4) is 0 Å². The van der Waals surface area contributed by atoms with Crippen molar-refractivity contribution >= 4 is 32.9 Å². The van der Waals surface area contributed by atoms with Gasteiger partial charge in [0.15, 0.2) is 5.58 Å². The topological polar surface area (TPSA) is 131 Å². The summed E-state index contributed by atoms with van der Waals surface area (Å²) in [7, 11) is -3.64. The van der Waals surface area contributed by atoms with Crippen molar-refractivity contribution in [2.24, 2.45) is 0 Å². The van der Waals surface area contributed by atoms with Crippen LogP contribution in [0.2, 0.25) is 0 Å². The number of carbonyl (C=O) groups excluding carboxylic acids is 2. The molecule has 10 nitrogen and oxygen atoms in total. The third-order valence-electron chi connectivity index (χ3n) is 6.76. The molecule has 1 saturated heterocycles. The van der Waals surface area contributed by atoms with Crippen molar-refractivity contribution in [3.63, 3.8) is 0 Å². The average molecular weight is 493 g/mol. The minimum atomic E-state index is -3.64. The maximum atomic E-state index is 12.8. The fourth-order valence-corrected chi connectivity index (χ4v) is 6.47. The van der Waals surface area contributed by atoms with Gasteiger partial charge in [-0.2, -0.15) is 4.31 Å². The molecule has 2 N–H and O–H groups in total. The molecule has 1 aliphatic heterocycles. The minimum Gasteiger partial charge on any atom is -0.408 e. The number of fused-ring (bicyclic) bond motifs is 1. The molecule has 2 fully saturated rings. The van der Waals surface area contributed by atoms with E-state index in [4.69, 9.17) is 4.42 Å². The third-order valence-corrected chi connectivity index (χ3v) is 8.66. The highest BCUT2D eigenvalue weighted by Crippen LogP contribution is 2.29. The SMILES string of the molecule is CCNC(=O)C1(NC(=O)CCn2c(=O)oc3cc(S(=O)(=O)N4CCCC4)ccc32)CCCCC1. The molecule has 1 aliphatic carbocycles. The van der Waals surface area contributed by atoms with Crippen LogP contribution in [0.5, 0.6) is 0 Å². The Labute approximate surface area is 198 Å². The van der Waals surface area contributed by atoms with Crippen molar-refractivity contribution in [1.82, 2.24) is 19.5 Å². The largest absolute Gasteiger partial charge is 0.419 e. The normalized spacial score (nSPS) is 18.7. The number of hydrogen-bond acceptors (Lipinski definition) is 6. The zero-order chi connectivity index (χ0) is 24.3. The van der Waals surface area contributed by atoms with Crippen LogP contribution < -0.4 is 16.4 Å². The second-order valence-electron chi connectivity index (χ2n) is 9.06. The molecule has 11 heteroatoms. The number of nitrogens with zero attached hydrogens (tertiary/aromatic N) is 2. The second-order valence-corrected chi connectivity index (χ2v) is 11.0. The summed E-state index contributed by atoms with van der Waals surface area (Å²) in [4.78, 5) is 38.0. The fraction of sp³-hybridized carbons (Fsp3) is 0.609. The quantitative estimate of drug-likeness (QED) is 0.577. The van der Waals surface area contributed by atoms with Gasteiger partial charge in [0.05, 0.1) is 10.4 Å². The van der Waals surface area contributed by atoms with Gasteiger partial charge in [-0.05, 0) is 44.7 Å². The van der Waals surface area contributed by atoms with E-state index >= 15 is 0 Å². The second kappa shape index (κ2) is 9.91. The molecule has 4 rings (SSSR count). The number of aromatic nitrogens is 1. The Bertz CT molecular complexity index is 1220. The number of sulfonamides is 1. The summed E-state index contributed by atoms with van der Waals surface area (Å²) < 4.78 is 33.7. The number of nitrogens with one attached hydrogen (secondary N) is 2. The molecule has 0 spiro atoms. The van der Waals surface area contributed by atoms with E-state index in [0.29, 0.717) is 38.0 Å². The first kappa shape index (κ1) is 24.5. The van der Waals surface area contributed by atoms with Gasteiger partial charge in [0.25, 0.3) is 0 Å². The summed E-state index contributed by atoms with van der Waals surface area (Å²) in [5, 5.41) is 5.75. The number of benzene rings is 1. The van der Waals surface area contributed by atoms with Crippen LogP contribution >= 0.6 is 0 Å². The Morgan fingerprint density at radius 2 is 1.79 bits per heavy atom. The maximum Gasteiger partial charge on any atom is 0.419 e. The van der Waals surface area contributed by atoms with E-state index in [2.05, 4.69) is 10.6 Å². The summed E-state index contributed by atoms with van der Waals surface area (Å²) in [5.74, 6) is -1.14. The van der Waals surface area contributed by atoms with E-state index in [1.807, 2.05) is 6.92 Å². The zero-order valence-corrected chi connectivity index (χ0v) is 20.3. The first-order valence-corrected chi connectivity index (χ1v) is 13.4. The minimum absolute atomic E-state index is 0.0104. The van der Waals surface area contributed by atoms with Crippen LogP contribution in [0.3, 0.4) is 0 Å². The number of aryl methyl sites for hydroxylation is 1. The maximum absolute atomic E-state index is 12.8. The highest BCUT2D eigenvalue weighted by molar-refractivity contribution is 7.89. The van der Waals surface area contributed by atoms with Crippen LogP contribution in [0, 0.1) is 0 Å². The lowest BCUT2D eigenvalue weighted by Crippen LogP contribution is -2.59. The molecule has 1 aromatic carbocycles. The third kappa shape index (κ3) is 4.76. The number of likely N-dealkylation sites (N-methyl/N-ethyl adjacent to an activating group) is 1. The van der Waals surface area contributed by atoms with Gasteiger partial charge in [0, 0.05) is 38.7 Å². The molecule has 0 radical (unpaired) electrons. The molecular weight excluding hydrogens is 460 g/mol. The summed E-state index contributed by atoms with van der Waals surface area (Å²) >= 11 is 0. The monoisotopic (exact) mass is 492 g/mol. The van der Waals surface area contributed by atoms with Gasteiger partial charge in [-0.25, -0.2) is 13.2 Å². The summed E-state index contributed by atoms with van der Waals surface area (Å²) in [6, 6.07) is 4.37. The van der Waals surface area contributed by atoms with Crippen LogP contribution in [0.4, 0.5) is 0 Å². The van der Waals surface area contributed by atoms with Crippen LogP contribution in [0.25, 0.3) is 11.1 Å². The van der Waals surface area contributed by atoms with Crippen LogP contribution in [0.15, 0.2) is 32.3 Å². The highest BCUT2D eigenvalue weighted by Gasteiger charge is 2.40. The van der Waals surface area contributed by atoms with Crippen molar-refractivity contribution in [3.05, 3.63) is 28.7 Å². The van der Waals surface area contributed by atoms with Gasteiger partial charge in [0.1, 0.15) is 5.54 Å². The number of amides is 2. The lowest BCUT2D eigenvalue weighted by atomic mass is 9.80. The first-order chi connectivity index (χ1) is 16.3. The number of hydrogen-bond donors (Lipinski definition) is 2. The Morgan fingerprint density at radius 1 is 1.09 bits per heavy atom. The van der Waals surface area contributed by atoms with Crippen molar-refractivity contribution in [1.29, 1.82) is 0 Å². The van der Waals surface area contributed by atoms with E-state index in [0.717, 1.165) is 32.1 Å². The van der Waals surface area contributed by atoms with Gasteiger partial charge in [0.2, 0.25) is 21.8 Å². The van der Waals surface area contributed by atoms with E-state index in [-0.39, 0.29) is 35.3 Å². The van der Waals surface area contributed by atoms with Crippen LogP contribution in [-0.4, -0.2) is 54.3 Å². The molecule has 34 heavy (non-hydrogen) atoms. The van der Waals surface area contributed by atoms with E-state index in [1.165, 1.54) is 21.0 Å². The Morgan fingerprint density at radius 3 is 2.47 bits per heavy atom. The molecule has 0 bridgehead atoms. The van der Waals surface area contributed by atoms with Gasteiger partial charge in [-0.3, -0.25) is 14.2 Å². The van der Waals surface area contributed by atoms with E-state index in [9.17, 15) is 22.8 Å². The zero-order valence-electron chi connectivity index (χ0n) is 19.5. The number of rotatable bonds is 8. The number of carbonyl (C=O) groups is 2. The first-order valence-electron chi connectivity index (χ1n) is 12.0. The summed E-state index contributed by atoms with van der Waals surface area (Å²) in [6.07, 6.45) is 5.60. The van der Waals surface area contributed by atoms with Gasteiger partial charge in [-0.15, -0.1) is 0 Å². The molecule has 2 amide bonds. The van der Waals surface area contributed by atoms with Crippen molar-refractivity contribution < 1.29 is 22.4 Å². The average Bonchev–Trinajstić information content (AvgIpc) is 3.46. The summed E-state index contributed by atoms with van der Waals surface area (Å²) in [5.41, 5.74) is -0.320. The summed E-state index contributed by atoms with van der Waals surface area (Å²) in [6.45, 7) is 3.36. The van der Waals surface area contributed by atoms with Crippen LogP contribution in [-0.2, 0) is 26.2 Å². The lowest BCUT2D eigenvalue weighted by molar-refractivity contribution is -0.135. The predicted octanol–water partition coefficient (Wildman–Crippen LogP) is 1.72. The molecule has 0 unspecified atom stereocenters. The Kier molecular flexibility index (Phi) is 7.13. The smallest absolute Gasteiger partial charge is 0.408 e. The van der Waals surface area contributed by atoms with Crippen molar-refractivity contribution in [2.75, 3.05) is 19.6 Å². The Balaban J connectivity index is 1.49. The van der Waals surface area contributed by atoms with E-state index in [1.54, 1.807) is 6.07 Å². The highest BCUT2D eigenvalue weighted by atomic mass is 32.2. The number of oxazole rings is 1. The lowest BCUT2D eigenvalue weighted by Gasteiger charge is -2.36. The van der Waals surface area contributed by atoms with Gasteiger partial charge >= 0.3 is 5.76 Å². The molecule has 2 heterocycles. The molecule has 2 aliphatic rings. The molecule has 186 valence electrons. The molecule has 0 atom stereocenters. The van der Waals surface area contributed by atoms with Crippen LogP contribution in [0.1, 0.15) is 58.3 Å². The van der Waals surface area contributed by atoms with Gasteiger partial charge < -0.3 is 15.1 Å². The molecule has 1 aromatic heterocycles. The van der Waals surface area contributed by atoms with Crippen molar-refractivity contribution in [2.45, 2.75) is 75.3 Å². The molecule has 2 aromatic rings. The Hall–Kier alpha value is -2.66. The molecule has 1 saturated carbocycles. The standard InChI is InChI=1S/C23H32N4O6S/c1-2-24-21(29)23(11-4-3-5-12-23)25-20(28)10-15-27-18-9-8-17(16-19(18)33-22(27)30)34(31,32)26-13-6-7-14-26/h8-9,16H,2-7,10-15H2,1H3,(H,24,29)(H,25,28).